The first-order valence-corrected chi connectivity index (χ1v) is 3.74. The number of esters is 1. The van der Waals surface area contributed by atoms with Gasteiger partial charge in [0.05, 0.1) is 0 Å². The Morgan fingerprint density at radius 2 is 1.77 bits per heavy atom. The molecule has 0 bridgehead atoms. The molecule has 0 rings (SSSR count). The van der Waals surface area contributed by atoms with Gasteiger partial charge in [0.2, 0.25) is 5.71 Å². The highest BCUT2D eigenvalue weighted by atomic mass is 16.6. The summed E-state index contributed by atoms with van der Waals surface area (Å²) in [6.07, 6.45) is 0. The van der Waals surface area contributed by atoms with Gasteiger partial charge >= 0.3 is 5.97 Å². The van der Waals surface area contributed by atoms with Gasteiger partial charge in [-0.05, 0) is 20.8 Å². The van der Waals surface area contributed by atoms with Crippen molar-refractivity contribution in [2.24, 2.45) is 5.16 Å². The van der Waals surface area contributed by atoms with E-state index in [4.69, 9.17) is 9.94 Å². The molecule has 0 radical (unpaired) electrons. The second kappa shape index (κ2) is 4.02. The van der Waals surface area contributed by atoms with E-state index in [1.807, 2.05) is 0 Å². The van der Waals surface area contributed by atoms with Gasteiger partial charge in [-0.3, -0.25) is 4.79 Å². The summed E-state index contributed by atoms with van der Waals surface area (Å²) in [5.74, 6) is -1.54. The van der Waals surface area contributed by atoms with Gasteiger partial charge in [0, 0.05) is 6.92 Å². The molecule has 0 aliphatic heterocycles. The lowest BCUT2D eigenvalue weighted by Crippen LogP contribution is -2.32. The van der Waals surface area contributed by atoms with E-state index in [9.17, 15) is 9.59 Å². The quantitative estimate of drug-likeness (QED) is 0.227. The van der Waals surface area contributed by atoms with E-state index in [0.717, 1.165) is 6.92 Å². The zero-order valence-electron chi connectivity index (χ0n) is 8.12. The maximum atomic E-state index is 11.1. The van der Waals surface area contributed by atoms with Crippen LogP contribution < -0.4 is 0 Å². The standard InChI is InChI=1S/C8H13NO4/c1-5(10)6(9-12)7(11)13-8(2,3)4/h12H,1-4H3/b9-6+. The van der Waals surface area contributed by atoms with Crippen molar-refractivity contribution in [3.63, 3.8) is 0 Å². The third kappa shape index (κ3) is 4.25. The van der Waals surface area contributed by atoms with Gasteiger partial charge in [-0.25, -0.2) is 4.79 Å². The molecule has 0 unspecified atom stereocenters. The van der Waals surface area contributed by atoms with E-state index in [2.05, 4.69) is 5.16 Å². The molecule has 0 amide bonds. The molecule has 0 atom stereocenters. The van der Waals surface area contributed by atoms with Gasteiger partial charge in [0.15, 0.2) is 5.78 Å². The molecular formula is C8H13NO4. The molecule has 0 aromatic heterocycles. The van der Waals surface area contributed by atoms with Gasteiger partial charge in [0.1, 0.15) is 5.60 Å². The maximum Gasteiger partial charge on any atom is 0.364 e. The first-order valence-electron chi connectivity index (χ1n) is 3.74. The van der Waals surface area contributed by atoms with Crippen LogP contribution in [0.15, 0.2) is 5.16 Å². The van der Waals surface area contributed by atoms with Crippen molar-refractivity contribution in [2.75, 3.05) is 0 Å². The molecule has 5 heteroatoms. The Morgan fingerprint density at radius 3 is 2.00 bits per heavy atom. The number of oxime groups is 1. The van der Waals surface area contributed by atoms with Crippen LogP contribution in [0.3, 0.4) is 0 Å². The predicted molar refractivity (Wildman–Crippen MR) is 45.7 cm³/mol. The van der Waals surface area contributed by atoms with Gasteiger partial charge in [-0.2, -0.15) is 0 Å². The van der Waals surface area contributed by atoms with Crippen molar-refractivity contribution in [2.45, 2.75) is 33.3 Å². The fourth-order valence-corrected chi connectivity index (χ4v) is 0.581. The normalized spacial score (nSPS) is 12.5. The topological polar surface area (TPSA) is 76.0 Å². The molecule has 1 N–H and O–H groups in total. The van der Waals surface area contributed by atoms with Gasteiger partial charge in [-0.15, -0.1) is 0 Å². The van der Waals surface area contributed by atoms with Crippen molar-refractivity contribution in [3.8, 4) is 0 Å². The van der Waals surface area contributed by atoms with E-state index in [1.165, 1.54) is 0 Å². The van der Waals surface area contributed by atoms with E-state index in [-0.39, 0.29) is 0 Å². The first kappa shape index (κ1) is 11.6. The lowest BCUT2D eigenvalue weighted by atomic mass is 10.2. The summed E-state index contributed by atoms with van der Waals surface area (Å²) in [7, 11) is 0. The zero-order chi connectivity index (χ0) is 10.6. The summed E-state index contributed by atoms with van der Waals surface area (Å²) in [6.45, 7) is 6.08. The molecule has 13 heavy (non-hydrogen) atoms. The lowest BCUT2D eigenvalue weighted by molar-refractivity contribution is -0.146. The summed E-state index contributed by atoms with van der Waals surface area (Å²) < 4.78 is 4.80. The number of carbonyl (C=O) groups excluding carboxylic acids is 2. The highest BCUT2D eigenvalue weighted by molar-refractivity contribution is 6.63. The number of carbonyl (C=O) groups is 2. The minimum absolute atomic E-state index is 0.588. The number of hydrogen-bond donors (Lipinski definition) is 1. The second-order valence-corrected chi connectivity index (χ2v) is 3.51. The Kier molecular flexibility index (Phi) is 3.59. The predicted octanol–water partition coefficient (Wildman–Crippen LogP) is 0.747. The Bertz CT molecular complexity index is 249. The number of hydrogen-bond acceptors (Lipinski definition) is 5. The maximum absolute atomic E-state index is 11.1. The number of nitrogens with zero attached hydrogens (tertiary/aromatic N) is 1. The minimum Gasteiger partial charge on any atom is -0.455 e. The third-order valence-corrected chi connectivity index (χ3v) is 1.03. The second-order valence-electron chi connectivity index (χ2n) is 3.51. The monoisotopic (exact) mass is 187 g/mol. The van der Waals surface area contributed by atoms with Crippen molar-refractivity contribution in [1.29, 1.82) is 0 Å². The van der Waals surface area contributed by atoms with Crippen LogP contribution >= 0.6 is 0 Å². The van der Waals surface area contributed by atoms with E-state index >= 15 is 0 Å². The van der Waals surface area contributed by atoms with E-state index in [0.29, 0.717) is 0 Å². The average Bonchev–Trinajstić information content (AvgIpc) is 1.82. The highest BCUT2D eigenvalue weighted by Gasteiger charge is 2.24. The fraction of sp³-hybridized carbons (Fsp3) is 0.625. The summed E-state index contributed by atoms with van der Waals surface area (Å²) in [5.41, 5.74) is -1.29. The molecule has 0 heterocycles. The van der Waals surface area contributed by atoms with Crippen LogP contribution in [-0.2, 0) is 14.3 Å². The summed E-state index contributed by atoms with van der Waals surface area (Å²) in [6, 6.07) is 0. The van der Waals surface area contributed by atoms with Crippen molar-refractivity contribution in [3.05, 3.63) is 0 Å². The molecule has 0 fully saturated rings. The molecular weight excluding hydrogens is 174 g/mol. The molecule has 5 nitrogen and oxygen atoms in total. The van der Waals surface area contributed by atoms with Crippen molar-refractivity contribution >= 4 is 17.5 Å². The van der Waals surface area contributed by atoms with E-state index < -0.39 is 23.1 Å². The number of ether oxygens (including phenoxy) is 1. The molecule has 0 saturated carbocycles. The van der Waals surface area contributed by atoms with Crippen LogP contribution in [0.1, 0.15) is 27.7 Å². The zero-order valence-corrected chi connectivity index (χ0v) is 8.12. The summed E-state index contributed by atoms with van der Waals surface area (Å²) >= 11 is 0. The Hall–Kier alpha value is -1.39. The molecule has 74 valence electrons. The molecule has 0 saturated heterocycles. The average molecular weight is 187 g/mol. The summed E-state index contributed by atoms with van der Waals surface area (Å²) in [5, 5.41) is 10.9. The Morgan fingerprint density at radius 1 is 1.31 bits per heavy atom. The van der Waals surface area contributed by atoms with Crippen LogP contribution in [-0.4, -0.2) is 28.3 Å². The molecule has 0 aliphatic rings. The van der Waals surface area contributed by atoms with Gasteiger partial charge in [-0.1, -0.05) is 5.16 Å². The van der Waals surface area contributed by atoms with Gasteiger partial charge in [0.25, 0.3) is 0 Å². The lowest BCUT2D eigenvalue weighted by Gasteiger charge is -2.18. The number of Topliss-reactive ketones (excluding diaryl/α,β-unsaturated/α-hetero) is 1. The largest absolute Gasteiger partial charge is 0.455 e. The SMILES string of the molecule is CC(=O)/C(=N\O)C(=O)OC(C)(C)C. The molecule has 0 aromatic rings. The van der Waals surface area contributed by atoms with Crippen molar-refractivity contribution < 1.29 is 19.5 Å². The van der Waals surface area contributed by atoms with Crippen LogP contribution in [0.2, 0.25) is 0 Å². The third-order valence-electron chi connectivity index (χ3n) is 1.03. The number of rotatable bonds is 2. The number of ketones is 1. The Labute approximate surface area is 76.4 Å². The van der Waals surface area contributed by atoms with E-state index in [1.54, 1.807) is 20.8 Å². The van der Waals surface area contributed by atoms with Crippen LogP contribution in [0.25, 0.3) is 0 Å². The smallest absolute Gasteiger partial charge is 0.364 e. The Balaban J connectivity index is 4.52. The first-order chi connectivity index (χ1) is 5.78. The van der Waals surface area contributed by atoms with Gasteiger partial charge < -0.3 is 9.94 Å². The molecule has 0 spiro atoms. The van der Waals surface area contributed by atoms with Crippen LogP contribution in [0, 0.1) is 0 Å². The highest BCUT2D eigenvalue weighted by Crippen LogP contribution is 2.07. The molecule has 0 aliphatic carbocycles. The molecule has 0 aromatic carbocycles. The fourth-order valence-electron chi connectivity index (χ4n) is 0.581. The van der Waals surface area contributed by atoms with Crippen LogP contribution in [0.5, 0.6) is 0 Å². The summed E-state index contributed by atoms with van der Waals surface area (Å²) in [4.78, 5) is 21.8. The minimum atomic E-state index is -0.914. The van der Waals surface area contributed by atoms with Crippen molar-refractivity contribution in [1.82, 2.24) is 0 Å². The van der Waals surface area contributed by atoms with Crippen LogP contribution in [0.4, 0.5) is 0 Å².